The smallest absolute Gasteiger partial charge is 0.272 e. The molecule has 0 saturated carbocycles. The molecule has 1 fully saturated rings. The molecule has 6 nitrogen and oxygen atoms in total. The second-order valence-corrected chi connectivity index (χ2v) is 6.53. The van der Waals surface area contributed by atoms with E-state index in [0.29, 0.717) is 38.4 Å². The minimum Gasteiger partial charge on any atom is -0.383 e. The van der Waals surface area contributed by atoms with Gasteiger partial charge in [-0.3, -0.25) is 9.59 Å². The van der Waals surface area contributed by atoms with Crippen LogP contribution < -0.4 is 5.32 Å². The summed E-state index contributed by atoms with van der Waals surface area (Å²) in [6, 6.07) is 9.98. The molecule has 0 atom stereocenters. The number of halogens is 1. The highest BCUT2D eigenvalue weighted by Gasteiger charge is 2.23. The van der Waals surface area contributed by atoms with Gasteiger partial charge in [-0.2, -0.15) is 0 Å². The zero-order chi connectivity index (χ0) is 19.2. The molecule has 0 aliphatic carbocycles. The second kappa shape index (κ2) is 8.62. The highest BCUT2D eigenvalue weighted by molar-refractivity contribution is 5.92. The number of pyridine rings is 1. The van der Waals surface area contributed by atoms with E-state index >= 15 is 0 Å². The normalized spacial score (nSPS) is 14.1. The fraction of sp³-hybridized carbons (Fsp3) is 0.350. The number of nitrogens with one attached hydrogen (secondary N) is 1. The Balaban J connectivity index is 1.48. The predicted octanol–water partition coefficient (Wildman–Crippen LogP) is 2.18. The van der Waals surface area contributed by atoms with Gasteiger partial charge in [-0.05, 0) is 36.2 Å². The maximum atomic E-state index is 12.9. The first kappa shape index (κ1) is 18.8. The fourth-order valence-electron chi connectivity index (χ4n) is 3.01. The minimum atomic E-state index is -0.237. The number of anilines is 1. The number of piperazine rings is 1. The molecule has 1 aromatic heterocycles. The van der Waals surface area contributed by atoms with E-state index in [2.05, 4.69) is 10.3 Å². The van der Waals surface area contributed by atoms with Crippen LogP contribution in [0.2, 0.25) is 0 Å². The average Bonchev–Trinajstić information content (AvgIpc) is 2.69. The zero-order valence-electron chi connectivity index (χ0n) is 15.3. The van der Waals surface area contributed by atoms with Crippen molar-refractivity contribution in [2.75, 3.05) is 38.0 Å². The van der Waals surface area contributed by atoms with Crippen molar-refractivity contribution in [1.29, 1.82) is 0 Å². The molecule has 0 unspecified atom stereocenters. The van der Waals surface area contributed by atoms with Crippen LogP contribution in [-0.2, 0) is 11.2 Å². The number of hydrogen-bond donors (Lipinski definition) is 1. The highest BCUT2D eigenvalue weighted by Crippen LogP contribution is 2.11. The Kier molecular flexibility index (Phi) is 6.01. The third-order valence-electron chi connectivity index (χ3n) is 4.65. The van der Waals surface area contributed by atoms with Crippen LogP contribution in [0.4, 0.5) is 10.1 Å². The molecule has 1 aliphatic heterocycles. The van der Waals surface area contributed by atoms with Crippen LogP contribution in [0.15, 0.2) is 42.6 Å². The first-order valence-corrected chi connectivity index (χ1v) is 9.02. The summed E-state index contributed by atoms with van der Waals surface area (Å²) in [5, 5.41) is 3.25. The number of carbonyl (C=O) groups is 2. The molecule has 2 heterocycles. The van der Waals surface area contributed by atoms with Crippen LogP contribution >= 0.6 is 0 Å². The van der Waals surface area contributed by atoms with Crippen molar-refractivity contribution in [3.05, 3.63) is 59.7 Å². The molecule has 1 aromatic carbocycles. The Bertz CT molecular complexity index is 785. The standard InChI is InChI=1S/C20H23FN4O2/c1-15(26)24-10-12-25(13-11-24)20(27)19-7-6-18(14-23-19)22-9-8-16-2-4-17(21)5-3-16/h2-7,14,22H,8-13H2,1H3. The number of carbonyl (C=O) groups excluding carboxylic acids is 2. The Morgan fingerprint density at radius 1 is 1.04 bits per heavy atom. The number of amides is 2. The highest BCUT2D eigenvalue weighted by atomic mass is 19.1. The van der Waals surface area contributed by atoms with Crippen LogP contribution in [0.25, 0.3) is 0 Å². The van der Waals surface area contributed by atoms with E-state index < -0.39 is 0 Å². The van der Waals surface area contributed by atoms with Crippen LogP contribution in [0.5, 0.6) is 0 Å². The Hall–Kier alpha value is -2.96. The fourth-order valence-corrected chi connectivity index (χ4v) is 3.01. The molecule has 0 bridgehead atoms. The lowest BCUT2D eigenvalue weighted by Gasteiger charge is -2.34. The third-order valence-corrected chi connectivity index (χ3v) is 4.65. The molecular formula is C20H23FN4O2. The summed E-state index contributed by atoms with van der Waals surface area (Å²) < 4.78 is 12.9. The Labute approximate surface area is 158 Å². The van der Waals surface area contributed by atoms with Crippen molar-refractivity contribution in [3.8, 4) is 0 Å². The molecule has 142 valence electrons. The van der Waals surface area contributed by atoms with Gasteiger partial charge in [-0.15, -0.1) is 0 Å². The van der Waals surface area contributed by atoms with Crippen molar-refractivity contribution in [2.24, 2.45) is 0 Å². The number of hydrogen-bond acceptors (Lipinski definition) is 4. The predicted molar refractivity (Wildman–Crippen MR) is 101 cm³/mol. The van der Waals surface area contributed by atoms with Crippen LogP contribution in [0, 0.1) is 5.82 Å². The summed E-state index contributed by atoms with van der Waals surface area (Å²) in [4.78, 5) is 31.6. The third kappa shape index (κ3) is 5.03. The lowest BCUT2D eigenvalue weighted by molar-refractivity contribution is -0.130. The van der Waals surface area contributed by atoms with Crippen molar-refractivity contribution in [2.45, 2.75) is 13.3 Å². The lowest BCUT2D eigenvalue weighted by Crippen LogP contribution is -2.50. The van der Waals surface area contributed by atoms with Gasteiger partial charge >= 0.3 is 0 Å². The first-order chi connectivity index (χ1) is 13.0. The average molecular weight is 370 g/mol. The quantitative estimate of drug-likeness (QED) is 0.876. The number of aromatic nitrogens is 1. The summed E-state index contributed by atoms with van der Waals surface area (Å²) in [6.45, 7) is 4.40. The first-order valence-electron chi connectivity index (χ1n) is 9.02. The van der Waals surface area contributed by atoms with Gasteiger partial charge in [-0.1, -0.05) is 12.1 Å². The molecule has 27 heavy (non-hydrogen) atoms. The molecule has 2 amide bonds. The van der Waals surface area contributed by atoms with Gasteiger partial charge in [0.25, 0.3) is 5.91 Å². The molecular weight excluding hydrogens is 347 g/mol. The van der Waals surface area contributed by atoms with Gasteiger partial charge in [0, 0.05) is 39.6 Å². The van der Waals surface area contributed by atoms with E-state index in [1.807, 2.05) is 6.07 Å². The molecule has 7 heteroatoms. The van der Waals surface area contributed by atoms with Gasteiger partial charge in [0.1, 0.15) is 11.5 Å². The molecule has 3 rings (SSSR count). The summed E-state index contributed by atoms with van der Waals surface area (Å²) >= 11 is 0. The van der Waals surface area contributed by atoms with Crippen molar-refractivity contribution in [1.82, 2.24) is 14.8 Å². The van der Waals surface area contributed by atoms with Crippen molar-refractivity contribution < 1.29 is 14.0 Å². The van der Waals surface area contributed by atoms with E-state index in [-0.39, 0.29) is 17.6 Å². The van der Waals surface area contributed by atoms with E-state index in [1.54, 1.807) is 41.1 Å². The minimum absolute atomic E-state index is 0.0382. The summed E-state index contributed by atoms with van der Waals surface area (Å²) in [5.41, 5.74) is 2.28. The Morgan fingerprint density at radius 2 is 1.70 bits per heavy atom. The zero-order valence-corrected chi connectivity index (χ0v) is 15.3. The molecule has 1 aliphatic rings. The van der Waals surface area contributed by atoms with Crippen molar-refractivity contribution in [3.63, 3.8) is 0 Å². The molecule has 0 spiro atoms. The van der Waals surface area contributed by atoms with Crippen LogP contribution in [0.3, 0.4) is 0 Å². The topological polar surface area (TPSA) is 65.5 Å². The Morgan fingerprint density at radius 3 is 2.30 bits per heavy atom. The monoisotopic (exact) mass is 370 g/mol. The van der Waals surface area contributed by atoms with E-state index in [4.69, 9.17) is 0 Å². The SMILES string of the molecule is CC(=O)N1CCN(C(=O)c2ccc(NCCc3ccc(F)cc3)cn2)CC1. The van der Waals surface area contributed by atoms with E-state index in [1.165, 1.54) is 12.1 Å². The largest absolute Gasteiger partial charge is 0.383 e. The molecule has 1 saturated heterocycles. The number of benzene rings is 1. The van der Waals surface area contributed by atoms with Crippen molar-refractivity contribution >= 4 is 17.5 Å². The summed E-state index contributed by atoms with van der Waals surface area (Å²) in [6.07, 6.45) is 2.41. The summed E-state index contributed by atoms with van der Waals surface area (Å²) in [7, 11) is 0. The summed E-state index contributed by atoms with van der Waals surface area (Å²) in [5.74, 6) is -0.314. The second-order valence-electron chi connectivity index (χ2n) is 6.53. The van der Waals surface area contributed by atoms with Crippen LogP contribution in [-0.4, -0.2) is 59.3 Å². The van der Waals surface area contributed by atoms with E-state index in [0.717, 1.165) is 17.7 Å². The lowest BCUT2D eigenvalue weighted by atomic mass is 10.1. The van der Waals surface area contributed by atoms with Gasteiger partial charge in [0.2, 0.25) is 5.91 Å². The van der Waals surface area contributed by atoms with Crippen LogP contribution in [0.1, 0.15) is 23.0 Å². The van der Waals surface area contributed by atoms with Gasteiger partial charge in [0.15, 0.2) is 0 Å². The maximum absolute atomic E-state index is 12.9. The molecule has 1 N–H and O–H groups in total. The van der Waals surface area contributed by atoms with Gasteiger partial charge < -0.3 is 15.1 Å². The molecule has 2 aromatic rings. The van der Waals surface area contributed by atoms with E-state index in [9.17, 15) is 14.0 Å². The molecule has 0 radical (unpaired) electrons. The van der Waals surface area contributed by atoms with Gasteiger partial charge in [0.05, 0.1) is 11.9 Å². The number of nitrogens with zero attached hydrogens (tertiary/aromatic N) is 3. The maximum Gasteiger partial charge on any atom is 0.272 e. The number of rotatable bonds is 5. The van der Waals surface area contributed by atoms with Gasteiger partial charge in [-0.25, -0.2) is 9.37 Å².